The van der Waals surface area contributed by atoms with E-state index >= 15 is 0 Å². The fraction of sp³-hybridized carbons (Fsp3) is 0.905. The van der Waals surface area contributed by atoms with Crippen molar-refractivity contribution in [3.63, 3.8) is 0 Å². The van der Waals surface area contributed by atoms with Gasteiger partial charge in [0.05, 0.1) is 6.61 Å². The summed E-state index contributed by atoms with van der Waals surface area (Å²) in [5.41, 5.74) is 0. The Bertz CT molecular complexity index is 396. The van der Waals surface area contributed by atoms with Crippen LogP contribution < -0.4 is 0 Å². The summed E-state index contributed by atoms with van der Waals surface area (Å²) in [6.45, 7) is 4.80. The highest BCUT2D eigenvalue weighted by Crippen LogP contribution is 2.41. The molecule has 0 aromatic carbocycles. The molecule has 2 saturated carbocycles. The normalized spacial score (nSPS) is 31.0. The van der Waals surface area contributed by atoms with Crippen molar-refractivity contribution in [1.29, 1.82) is 0 Å². The van der Waals surface area contributed by atoms with E-state index in [0.29, 0.717) is 31.3 Å². The van der Waals surface area contributed by atoms with Gasteiger partial charge in [-0.3, -0.25) is 9.59 Å². The first-order chi connectivity index (χ1) is 11.7. The van der Waals surface area contributed by atoms with Gasteiger partial charge in [-0.2, -0.15) is 0 Å². The van der Waals surface area contributed by atoms with Crippen molar-refractivity contribution in [2.45, 2.75) is 90.9 Å². The lowest BCUT2D eigenvalue weighted by molar-refractivity contribution is -0.154. The summed E-state index contributed by atoms with van der Waals surface area (Å²) in [5, 5.41) is 0. The van der Waals surface area contributed by atoms with E-state index in [1.165, 1.54) is 44.9 Å². The van der Waals surface area contributed by atoms with Crippen LogP contribution in [0.15, 0.2) is 0 Å². The second kappa shape index (κ2) is 10.2. The standard InChI is InChI=1S/C21H36O3/c1-3-5-7-16-8-10-17(11-9-16)18-12-13-19(20(22)15-18)21(23)24-14-6-4-2/h16-19H,3-15H2,1-2H3. The first kappa shape index (κ1) is 19.5. The lowest BCUT2D eigenvalue weighted by Gasteiger charge is -2.36. The number of unbranched alkanes of at least 4 members (excludes halogenated alkanes) is 2. The molecule has 2 aliphatic rings. The summed E-state index contributed by atoms with van der Waals surface area (Å²) < 4.78 is 5.26. The summed E-state index contributed by atoms with van der Waals surface area (Å²) in [5.74, 6) is 1.55. The molecule has 0 bridgehead atoms. The average molecular weight is 337 g/mol. The molecule has 2 fully saturated rings. The number of esters is 1. The molecule has 0 saturated heterocycles. The largest absolute Gasteiger partial charge is 0.465 e. The first-order valence-corrected chi connectivity index (χ1v) is 10.3. The average Bonchev–Trinajstić information content (AvgIpc) is 2.60. The third-order valence-electron chi connectivity index (χ3n) is 6.23. The number of ketones is 1. The second-order valence-corrected chi connectivity index (χ2v) is 8.00. The number of hydrogen-bond acceptors (Lipinski definition) is 3. The maximum Gasteiger partial charge on any atom is 0.316 e. The highest BCUT2D eigenvalue weighted by Gasteiger charge is 2.38. The summed E-state index contributed by atoms with van der Waals surface area (Å²) in [4.78, 5) is 24.5. The minimum absolute atomic E-state index is 0.140. The Morgan fingerprint density at radius 1 is 0.958 bits per heavy atom. The minimum Gasteiger partial charge on any atom is -0.465 e. The lowest BCUT2D eigenvalue weighted by atomic mass is 9.68. The Hall–Kier alpha value is -0.860. The minimum atomic E-state index is -0.473. The van der Waals surface area contributed by atoms with Crippen molar-refractivity contribution in [1.82, 2.24) is 0 Å². The smallest absolute Gasteiger partial charge is 0.316 e. The van der Waals surface area contributed by atoms with Crippen molar-refractivity contribution >= 4 is 11.8 Å². The summed E-state index contributed by atoms with van der Waals surface area (Å²) in [7, 11) is 0. The highest BCUT2D eigenvalue weighted by molar-refractivity contribution is 5.99. The number of carbonyl (C=O) groups is 2. The molecule has 0 radical (unpaired) electrons. The molecule has 2 atom stereocenters. The Labute approximate surface area is 147 Å². The number of rotatable bonds is 8. The molecule has 0 aromatic heterocycles. The summed E-state index contributed by atoms with van der Waals surface area (Å²) in [6.07, 6.45) is 13.6. The van der Waals surface area contributed by atoms with Crippen LogP contribution in [0.4, 0.5) is 0 Å². The van der Waals surface area contributed by atoms with Crippen LogP contribution in [0, 0.1) is 23.7 Å². The van der Waals surface area contributed by atoms with Crippen molar-refractivity contribution in [3.05, 3.63) is 0 Å². The van der Waals surface area contributed by atoms with Crippen LogP contribution in [0.25, 0.3) is 0 Å². The fourth-order valence-corrected chi connectivity index (χ4v) is 4.55. The van der Waals surface area contributed by atoms with E-state index in [1.54, 1.807) is 0 Å². The molecule has 0 amide bonds. The summed E-state index contributed by atoms with van der Waals surface area (Å²) >= 11 is 0. The third-order valence-corrected chi connectivity index (χ3v) is 6.23. The van der Waals surface area contributed by atoms with Crippen LogP contribution in [0.2, 0.25) is 0 Å². The maximum atomic E-state index is 12.4. The quantitative estimate of drug-likeness (QED) is 0.343. The van der Waals surface area contributed by atoms with Gasteiger partial charge in [0.2, 0.25) is 0 Å². The second-order valence-electron chi connectivity index (χ2n) is 8.00. The Balaban J connectivity index is 1.73. The molecule has 0 N–H and O–H groups in total. The van der Waals surface area contributed by atoms with Crippen LogP contribution in [0.3, 0.4) is 0 Å². The molecule has 24 heavy (non-hydrogen) atoms. The number of hydrogen-bond donors (Lipinski definition) is 0. The monoisotopic (exact) mass is 336 g/mol. The fourth-order valence-electron chi connectivity index (χ4n) is 4.55. The molecule has 2 rings (SSSR count). The van der Waals surface area contributed by atoms with E-state index in [9.17, 15) is 9.59 Å². The lowest BCUT2D eigenvalue weighted by Crippen LogP contribution is -2.35. The zero-order valence-electron chi connectivity index (χ0n) is 15.7. The topological polar surface area (TPSA) is 43.4 Å². The molecule has 0 aromatic rings. The van der Waals surface area contributed by atoms with E-state index < -0.39 is 5.92 Å². The molecule has 3 nitrogen and oxygen atoms in total. The maximum absolute atomic E-state index is 12.4. The van der Waals surface area contributed by atoms with Crippen LogP contribution in [0.1, 0.15) is 90.9 Å². The molecular weight excluding hydrogens is 300 g/mol. The van der Waals surface area contributed by atoms with Gasteiger partial charge < -0.3 is 4.74 Å². The number of carbonyl (C=O) groups excluding carboxylic acids is 2. The third kappa shape index (κ3) is 5.60. The number of ether oxygens (including phenoxy) is 1. The van der Waals surface area contributed by atoms with Gasteiger partial charge in [0.15, 0.2) is 0 Å². The molecule has 138 valence electrons. The van der Waals surface area contributed by atoms with E-state index in [1.807, 2.05) is 0 Å². The van der Waals surface area contributed by atoms with Gasteiger partial charge in [-0.1, -0.05) is 52.4 Å². The van der Waals surface area contributed by atoms with Gasteiger partial charge in [-0.25, -0.2) is 0 Å². The van der Waals surface area contributed by atoms with Crippen LogP contribution >= 0.6 is 0 Å². The molecule has 2 aliphatic carbocycles. The Morgan fingerprint density at radius 2 is 1.62 bits per heavy atom. The van der Waals surface area contributed by atoms with Gasteiger partial charge in [0.1, 0.15) is 11.7 Å². The Morgan fingerprint density at radius 3 is 2.25 bits per heavy atom. The van der Waals surface area contributed by atoms with Crippen LogP contribution in [0.5, 0.6) is 0 Å². The number of Topliss-reactive ketones (excluding diaryl/α,β-unsaturated/α-hetero) is 1. The Kier molecular flexibility index (Phi) is 8.28. The molecule has 0 heterocycles. The zero-order chi connectivity index (χ0) is 17.4. The predicted octanol–water partition coefficient (Wildman–Crippen LogP) is 5.31. The molecule has 2 unspecified atom stereocenters. The van der Waals surface area contributed by atoms with Gasteiger partial charge in [-0.15, -0.1) is 0 Å². The zero-order valence-corrected chi connectivity index (χ0v) is 15.7. The van der Waals surface area contributed by atoms with E-state index in [2.05, 4.69) is 13.8 Å². The predicted molar refractivity (Wildman–Crippen MR) is 96.7 cm³/mol. The highest BCUT2D eigenvalue weighted by atomic mass is 16.5. The summed E-state index contributed by atoms with van der Waals surface area (Å²) in [6, 6.07) is 0. The molecule has 3 heteroatoms. The van der Waals surface area contributed by atoms with Crippen molar-refractivity contribution < 1.29 is 14.3 Å². The van der Waals surface area contributed by atoms with E-state index in [4.69, 9.17) is 4.74 Å². The first-order valence-electron chi connectivity index (χ1n) is 10.3. The van der Waals surface area contributed by atoms with Crippen molar-refractivity contribution in [3.8, 4) is 0 Å². The van der Waals surface area contributed by atoms with Gasteiger partial charge >= 0.3 is 5.97 Å². The van der Waals surface area contributed by atoms with Gasteiger partial charge in [0, 0.05) is 6.42 Å². The van der Waals surface area contributed by atoms with E-state index in [-0.39, 0.29) is 11.8 Å². The molecule has 0 spiro atoms. The van der Waals surface area contributed by atoms with E-state index in [0.717, 1.165) is 25.2 Å². The van der Waals surface area contributed by atoms with Crippen LogP contribution in [-0.2, 0) is 14.3 Å². The molecular formula is C21H36O3. The van der Waals surface area contributed by atoms with Crippen LogP contribution in [-0.4, -0.2) is 18.4 Å². The molecule has 0 aliphatic heterocycles. The van der Waals surface area contributed by atoms with Crippen molar-refractivity contribution in [2.24, 2.45) is 23.7 Å². The van der Waals surface area contributed by atoms with Gasteiger partial charge in [-0.05, 0) is 49.9 Å². The van der Waals surface area contributed by atoms with Crippen molar-refractivity contribution in [2.75, 3.05) is 6.61 Å². The van der Waals surface area contributed by atoms with Gasteiger partial charge in [0.25, 0.3) is 0 Å². The SMILES string of the molecule is CCCCOC(=O)C1CCC(C2CCC(CCCC)CC2)CC1=O.